The minimum atomic E-state index is -0.382. The second-order valence-corrected chi connectivity index (χ2v) is 8.87. The van der Waals surface area contributed by atoms with Gasteiger partial charge in [-0.2, -0.15) is 0 Å². The zero-order valence-electron chi connectivity index (χ0n) is 20.0. The minimum absolute atomic E-state index is 0.378. The van der Waals surface area contributed by atoms with E-state index in [1.165, 1.54) is 64.2 Å². The molecular weight excluding hydrogens is 424 g/mol. The van der Waals surface area contributed by atoms with Crippen molar-refractivity contribution in [1.82, 2.24) is 0 Å². The zero-order valence-corrected chi connectivity index (χ0v) is 20.8. The molecule has 0 aromatic heterocycles. The topological polar surface area (TPSA) is 52.6 Å². The van der Waals surface area contributed by atoms with E-state index >= 15 is 0 Å². The molecule has 0 unspecified atom stereocenters. The summed E-state index contributed by atoms with van der Waals surface area (Å²) in [5.74, 6) is -0.00109. The number of hydrogen-bond donors (Lipinski definition) is 0. The smallest absolute Gasteiger partial charge is 0.338 e. The number of carbonyl (C=O) groups excluding carboxylic acids is 2. The number of carbonyl (C=O) groups is 2. The maximum Gasteiger partial charge on any atom is 0.338 e. The Morgan fingerprint density at radius 1 is 0.656 bits per heavy atom. The molecule has 0 radical (unpaired) electrons. The SMILES string of the molecule is CCCCCCCCCOC(=O)c1cccc(C(=O)OCCCCCCCCCCCl)c1. The summed E-state index contributed by atoms with van der Waals surface area (Å²) in [4.78, 5) is 24.5. The van der Waals surface area contributed by atoms with Crippen molar-refractivity contribution >= 4 is 23.5 Å². The maximum absolute atomic E-state index is 12.3. The monoisotopic (exact) mass is 466 g/mol. The van der Waals surface area contributed by atoms with E-state index < -0.39 is 0 Å². The van der Waals surface area contributed by atoms with E-state index in [0.29, 0.717) is 24.3 Å². The van der Waals surface area contributed by atoms with Gasteiger partial charge >= 0.3 is 11.9 Å². The van der Waals surface area contributed by atoms with Crippen molar-refractivity contribution in [2.45, 2.75) is 103 Å². The van der Waals surface area contributed by atoms with Gasteiger partial charge in [-0.25, -0.2) is 9.59 Å². The van der Waals surface area contributed by atoms with Gasteiger partial charge in [0.1, 0.15) is 0 Å². The summed E-state index contributed by atoms with van der Waals surface area (Å²) in [7, 11) is 0. The van der Waals surface area contributed by atoms with Gasteiger partial charge in [-0.3, -0.25) is 0 Å². The summed E-state index contributed by atoms with van der Waals surface area (Å²) >= 11 is 5.68. The molecule has 5 heteroatoms. The molecule has 0 aliphatic heterocycles. The lowest BCUT2D eigenvalue weighted by Gasteiger charge is -2.08. The second kappa shape index (κ2) is 20.1. The first-order valence-corrected chi connectivity index (χ1v) is 13.2. The molecule has 0 N–H and O–H groups in total. The zero-order chi connectivity index (χ0) is 23.3. The molecule has 0 aliphatic rings. The number of esters is 2. The summed E-state index contributed by atoms with van der Waals surface area (Å²) in [5, 5.41) is 0. The van der Waals surface area contributed by atoms with Crippen molar-refractivity contribution in [3.63, 3.8) is 0 Å². The van der Waals surface area contributed by atoms with Crippen LogP contribution in [0.25, 0.3) is 0 Å². The molecule has 0 amide bonds. The van der Waals surface area contributed by atoms with Crippen LogP contribution in [0.1, 0.15) is 124 Å². The van der Waals surface area contributed by atoms with Gasteiger partial charge in [0, 0.05) is 5.88 Å². The Kier molecular flexibility index (Phi) is 17.9. The van der Waals surface area contributed by atoms with Gasteiger partial charge in [-0.15, -0.1) is 11.6 Å². The molecular formula is C27H43ClO4. The Balaban J connectivity index is 2.17. The number of hydrogen-bond acceptors (Lipinski definition) is 4. The first kappa shape index (κ1) is 28.5. The van der Waals surface area contributed by atoms with Gasteiger partial charge < -0.3 is 9.47 Å². The number of unbranched alkanes of at least 4 members (excludes halogenated alkanes) is 13. The molecule has 4 nitrogen and oxygen atoms in total. The quantitative estimate of drug-likeness (QED) is 0.110. The summed E-state index contributed by atoms with van der Waals surface area (Å²) < 4.78 is 10.7. The van der Waals surface area contributed by atoms with Crippen LogP contribution >= 0.6 is 11.6 Å². The Hall–Kier alpha value is -1.55. The van der Waals surface area contributed by atoms with Crippen LogP contribution in [0.4, 0.5) is 0 Å². The highest BCUT2D eigenvalue weighted by Gasteiger charge is 2.12. The average molecular weight is 467 g/mol. The van der Waals surface area contributed by atoms with Crippen LogP contribution in [0.2, 0.25) is 0 Å². The summed E-state index contributed by atoms with van der Waals surface area (Å²) in [6.07, 6.45) is 17.4. The molecule has 0 heterocycles. The predicted molar refractivity (Wildman–Crippen MR) is 133 cm³/mol. The predicted octanol–water partition coefficient (Wildman–Crippen LogP) is 8.11. The van der Waals surface area contributed by atoms with Crippen molar-refractivity contribution in [2.24, 2.45) is 0 Å². The number of ether oxygens (including phenoxy) is 2. The summed E-state index contributed by atoms with van der Waals surface area (Å²) in [5.41, 5.74) is 0.797. The normalized spacial score (nSPS) is 10.8. The molecule has 0 spiro atoms. The summed E-state index contributed by atoms with van der Waals surface area (Å²) in [6.45, 7) is 3.05. The number of alkyl halides is 1. The lowest BCUT2D eigenvalue weighted by Crippen LogP contribution is -2.10. The lowest BCUT2D eigenvalue weighted by atomic mass is 10.1. The van der Waals surface area contributed by atoms with E-state index in [4.69, 9.17) is 21.1 Å². The van der Waals surface area contributed by atoms with Gasteiger partial charge in [0.15, 0.2) is 0 Å². The van der Waals surface area contributed by atoms with Crippen LogP contribution < -0.4 is 0 Å². The van der Waals surface area contributed by atoms with Crippen molar-refractivity contribution in [3.8, 4) is 0 Å². The van der Waals surface area contributed by atoms with Crippen LogP contribution in [-0.4, -0.2) is 31.0 Å². The second-order valence-electron chi connectivity index (χ2n) is 8.49. The van der Waals surface area contributed by atoms with E-state index in [1.54, 1.807) is 24.3 Å². The third-order valence-electron chi connectivity index (χ3n) is 5.58. The number of halogens is 1. The maximum atomic E-state index is 12.3. The number of benzene rings is 1. The van der Waals surface area contributed by atoms with Crippen molar-refractivity contribution in [3.05, 3.63) is 35.4 Å². The van der Waals surface area contributed by atoms with E-state index in [-0.39, 0.29) is 11.9 Å². The largest absolute Gasteiger partial charge is 0.462 e. The van der Waals surface area contributed by atoms with Crippen LogP contribution in [0.5, 0.6) is 0 Å². The Morgan fingerprint density at radius 3 is 1.50 bits per heavy atom. The van der Waals surface area contributed by atoms with E-state index in [0.717, 1.165) is 38.0 Å². The van der Waals surface area contributed by atoms with Crippen LogP contribution in [-0.2, 0) is 9.47 Å². The first-order chi connectivity index (χ1) is 15.7. The first-order valence-electron chi connectivity index (χ1n) is 12.7. The Labute approximate surface area is 200 Å². The van der Waals surface area contributed by atoms with Gasteiger partial charge in [-0.1, -0.05) is 90.0 Å². The molecule has 182 valence electrons. The van der Waals surface area contributed by atoms with Gasteiger partial charge in [-0.05, 0) is 37.5 Å². The fourth-order valence-electron chi connectivity index (χ4n) is 3.59. The van der Waals surface area contributed by atoms with Crippen molar-refractivity contribution in [2.75, 3.05) is 19.1 Å². The van der Waals surface area contributed by atoms with Gasteiger partial charge in [0.2, 0.25) is 0 Å². The van der Waals surface area contributed by atoms with Gasteiger partial charge in [0.05, 0.1) is 24.3 Å². The van der Waals surface area contributed by atoms with Gasteiger partial charge in [0.25, 0.3) is 0 Å². The third kappa shape index (κ3) is 14.5. The molecule has 0 saturated carbocycles. The van der Waals surface area contributed by atoms with E-state index in [2.05, 4.69) is 6.92 Å². The van der Waals surface area contributed by atoms with Crippen LogP contribution in [0.3, 0.4) is 0 Å². The number of rotatable bonds is 20. The molecule has 32 heavy (non-hydrogen) atoms. The molecule has 1 aromatic carbocycles. The van der Waals surface area contributed by atoms with Crippen LogP contribution in [0.15, 0.2) is 24.3 Å². The highest BCUT2D eigenvalue weighted by molar-refractivity contribution is 6.17. The minimum Gasteiger partial charge on any atom is -0.462 e. The van der Waals surface area contributed by atoms with E-state index in [9.17, 15) is 9.59 Å². The molecule has 0 aliphatic carbocycles. The van der Waals surface area contributed by atoms with E-state index in [1.807, 2.05) is 0 Å². The molecule has 0 saturated heterocycles. The highest BCUT2D eigenvalue weighted by atomic mass is 35.5. The lowest BCUT2D eigenvalue weighted by molar-refractivity contribution is 0.0496. The Morgan fingerprint density at radius 2 is 1.06 bits per heavy atom. The molecule has 0 bridgehead atoms. The molecule has 0 fully saturated rings. The standard InChI is InChI=1S/C27H43ClO4/c1-2-3-4-5-9-12-15-21-31-26(29)24-18-17-19-25(23-24)27(30)32-22-16-13-10-7-6-8-11-14-20-28/h17-19,23H,2-16,20-22H2,1H3. The fraction of sp³-hybridized carbons (Fsp3) is 0.704. The average Bonchev–Trinajstić information content (AvgIpc) is 2.81. The van der Waals surface area contributed by atoms with Crippen LogP contribution in [0, 0.1) is 0 Å². The van der Waals surface area contributed by atoms with Crippen molar-refractivity contribution < 1.29 is 19.1 Å². The summed E-state index contributed by atoms with van der Waals surface area (Å²) in [6, 6.07) is 6.62. The Bertz CT molecular complexity index is 617. The molecule has 1 rings (SSSR count). The van der Waals surface area contributed by atoms with Crippen molar-refractivity contribution in [1.29, 1.82) is 0 Å². The fourth-order valence-corrected chi connectivity index (χ4v) is 3.77. The molecule has 0 atom stereocenters. The third-order valence-corrected chi connectivity index (χ3v) is 5.84. The molecule has 1 aromatic rings. The highest BCUT2D eigenvalue weighted by Crippen LogP contribution is 2.12.